The average Bonchev–Trinajstić information content (AvgIpc) is 2.62. The SMILES string of the molecule is CN=C(NCc1ccc(C)cc1OC)NCc1ccccc1[N+](=O)[O-]. The first-order valence-electron chi connectivity index (χ1n) is 7.85. The number of nitrogens with zero attached hydrogens (tertiary/aromatic N) is 2. The van der Waals surface area contributed by atoms with Gasteiger partial charge in [-0.2, -0.15) is 0 Å². The summed E-state index contributed by atoms with van der Waals surface area (Å²) in [6.07, 6.45) is 0. The second-order valence-electron chi connectivity index (χ2n) is 5.48. The molecule has 0 heterocycles. The van der Waals surface area contributed by atoms with Crippen molar-refractivity contribution in [3.05, 3.63) is 69.3 Å². The summed E-state index contributed by atoms with van der Waals surface area (Å²) in [5.74, 6) is 1.36. The van der Waals surface area contributed by atoms with Gasteiger partial charge < -0.3 is 15.4 Å². The molecule has 0 amide bonds. The molecule has 132 valence electrons. The standard InChI is InChI=1S/C18H22N4O3/c1-13-8-9-15(17(10-13)25-3)12-21-18(19-2)20-11-14-6-4-5-7-16(14)22(23)24/h4-10H,11-12H2,1-3H3,(H2,19,20,21). The first-order valence-corrected chi connectivity index (χ1v) is 7.85. The predicted molar refractivity (Wildman–Crippen MR) is 97.9 cm³/mol. The van der Waals surface area contributed by atoms with Crippen LogP contribution >= 0.6 is 0 Å². The Bertz CT molecular complexity index is 775. The lowest BCUT2D eigenvalue weighted by Crippen LogP contribution is -2.36. The zero-order valence-corrected chi connectivity index (χ0v) is 14.6. The van der Waals surface area contributed by atoms with Gasteiger partial charge in [0.2, 0.25) is 0 Å². The van der Waals surface area contributed by atoms with Crippen molar-refractivity contribution < 1.29 is 9.66 Å². The van der Waals surface area contributed by atoms with Crippen LogP contribution in [0, 0.1) is 17.0 Å². The van der Waals surface area contributed by atoms with E-state index in [9.17, 15) is 10.1 Å². The van der Waals surface area contributed by atoms with Crippen molar-refractivity contribution in [1.29, 1.82) is 0 Å². The van der Waals surface area contributed by atoms with Gasteiger partial charge in [-0.25, -0.2) is 0 Å². The number of para-hydroxylation sites is 1. The average molecular weight is 342 g/mol. The van der Waals surface area contributed by atoms with Gasteiger partial charge in [0.05, 0.1) is 12.0 Å². The molecule has 0 aromatic heterocycles. The van der Waals surface area contributed by atoms with E-state index in [4.69, 9.17) is 4.74 Å². The molecular formula is C18H22N4O3. The van der Waals surface area contributed by atoms with Crippen LogP contribution in [0.25, 0.3) is 0 Å². The molecular weight excluding hydrogens is 320 g/mol. The van der Waals surface area contributed by atoms with Crippen molar-refractivity contribution in [3.8, 4) is 5.75 Å². The number of nitrogens with one attached hydrogen (secondary N) is 2. The molecule has 0 aliphatic carbocycles. The van der Waals surface area contributed by atoms with Crippen LogP contribution in [-0.4, -0.2) is 25.0 Å². The summed E-state index contributed by atoms with van der Waals surface area (Å²) in [6, 6.07) is 12.6. The molecule has 0 saturated carbocycles. The van der Waals surface area contributed by atoms with E-state index in [-0.39, 0.29) is 10.6 Å². The highest BCUT2D eigenvalue weighted by molar-refractivity contribution is 5.79. The monoisotopic (exact) mass is 342 g/mol. The van der Waals surface area contributed by atoms with E-state index in [2.05, 4.69) is 15.6 Å². The molecule has 25 heavy (non-hydrogen) atoms. The molecule has 2 rings (SSSR count). The van der Waals surface area contributed by atoms with Gasteiger partial charge in [-0.3, -0.25) is 15.1 Å². The molecule has 0 atom stereocenters. The van der Waals surface area contributed by atoms with E-state index in [0.29, 0.717) is 24.6 Å². The number of nitro benzene ring substituents is 1. The summed E-state index contributed by atoms with van der Waals surface area (Å²) < 4.78 is 5.39. The van der Waals surface area contributed by atoms with E-state index in [1.165, 1.54) is 6.07 Å². The Hall–Kier alpha value is -3.09. The van der Waals surface area contributed by atoms with E-state index in [0.717, 1.165) is 16.9 Å². The predicted octanol–water partition coefficient (Wildman–Crippen LogP) is 2.78. The maximum absolute atomic E-state index is 11.1. The first-order chi connectivity index (χ1) is 12.0. The van der Waals surface area contributed by atoms with Crippen LogP contribution in [0.3, 0.4) is 0 Å². The highest BCUT2D eigenvalue weighted by Crippen LogP contribution is 2.20. The smallest absolute Gasteiger partial charge is 0.274 e. The van der Waals surface area contributed by atoms with Gasteiger partial charge in [0.1, 0.15) is 5.75 Å². The molecule has 7 heteroatoms. The van der Waals surface area contributed by atoms with Gasteiger partial charge in [-0.15, -0.1) is 0 Å². The molecule has 0 bridgehead atoms. The lowest BCUT2D eigenvalue weighted by molar-refractivity contribution is -0.385. The minimum atomic E-state index is -0.385. The molecule has 0 unspecified atom stereocenters. The summed E-state index contributed by atoms with van der Waals surface area (Å²) in [7, 11) is 3.29. The number of methoxy groups -OCH3 is 1. The molecule has 2 aromatic carbocycles. The van der Waals surface area contributed by atoms with Gasteiger partial charge >= 0.3 is 0 Å². The molecule has 2 N–H and O–H groups in total. The van der Waals surface area contributed by atoms with Crippen molar-refractivity contribution in [1.82, 2.24) is 10.6 Å². The van der Waals surface area contributed by atoms with Gasteiger partial charge in [-0.05, 0) is 18.6 Å². The summed E-state index contributed by atoms with van der Waals surface area (Å²) in [6.45, 7) is 2.84. The van der Waals surface area contributed by atoms with Gasteiger partial charge in [0.25, 0.3) is 5.69 Å². The Labute approximate surface area is 146 Å². The fourth-order valence-corrected chi connectivity index (χ4v) is 2.41. The lowest BCUT2D eigenvalue weighted by Gasteiger charge is -2.14. The number of benzene rings is 2. The molecule has 0 saturated heterocycles. The summed E-state index contributed by atoms with van der Waals surface area (Å²) in [5, 5.41) is 17.3. The zero-order valence-electron chi connectivity index (χ0n) is 14.6. The van der Waals surface area contributed by atoms with Crippen LogP contribution in [0.15, 0.2) is 47.5 Å². The Morgan fingerprint density at radius 1 is 1.16 bits per heavy atom. The fraction of sp³-hybridized carbons (Fsp3) is 0.278. The Morgan fingerprint density at radius 2 is 1.84 bits per heavy atom. The third-order valence-corrected chi connectivity index (χ3v) is 3.75. The number of hydrogen-bond acceptors (Lipinski definition) is 4. The quantitative estimate of drug-likeness (QED) is 0.365. The second-order valence-corrected chi connectivity index (χ2v) is 5.48. The van der Waals surface area contributed by atoms with Gasteiger partial charge in [-0.1, -0.05) is 30.3 Å². The normalized spacial score (nSPS) is 11.1. The van der Waals surface area contributed by atoms with E-state index in [1.54, 1.807) is 32.4 Å². The van der Waals surface area contributed by atoms with Crippen molar-refractivity contribution >= 4 is 11.6 Å². The third-order valence-electron chi connectivity index (χ3n) is 3.75. The number of nitro groups is 1. The fourth-order valence-electron chi connectivity index (χ4n) is 2.41. The second kappa shape index (κ2) is 8.68. The molecule has 0 fully saturated rings. The summed E-state index contributed by atoms with van der Waals surface area (Å²) in [4.78, 5) is 14.8. The van der Waals surface area contributed by atoms with Gasteiger partial charge in [0, 0.05) is 37.3 Å². The summed E-state index contributed by atoms with van der Waals surface area (Å²) >= 11 is 0. The summed E-state index contributed by atoms with van der Waals surface area (Å²) in [5.41, 5.74) is 2.82. The molecule has 0 aliphatic heterocycles. The van der Waals surface area contributed by atoms with Gasteiger partial charge in [0.15, 0.2) is 5.96 Å². The van der Waals surface area contributed by atoms with Crippen LogP contribution in [0.4, 0.5) is 5.69 Å². The minimum Gasteiger partial charge on any atom is -0.496 e. The van der Waals surface area contributed by atoms with Crippen LogP contribution in [0.5, 0.6) is 5.75 Å². The topological polar surface area (TPSA) is 88.8 Å². The third kappa shape index (κ3) is 4.94. The first kappa shape index (κ1) is 18.3. The Balaban J connectivity index is 1.99. The number of aryl methyl sites for hydroxylation is 1. The van der Waals surface area contributed by atoms with E-state index < -0.39 is 0 Å². The maximum atomic E-state index is 11.1. The number of aliphatic imine (C=N–C) groups is 1. The van der Waals surface area contributed by atoms with Crippen LogP contribution in [-0.2, 0) is 13.1 Å². The van der Waals surface area contributed by atoms with E-state index >= 15 is 0 Å². The molecule has 0 spiro atoms. The Kier molecular flexibility index (Phi) is 6.33. The lowest BCUT2D eigenvalue weighted by atomic mass is 10.1. The minimum absolute atomic E-state index is 0.0886. The number of ether oxygens (including phenoxy) is 1. The van der Waals surface area contributed by atoms with Crippen molar-refractivity contribution in [2.45, 2.75) is 20.0 Å². The molecule has 2 aromatic rings. The molecule has 0 radical (unpaired) electrons. The molecule has 0 aliphatic rings. The number of hydrogen-bond donors (Lipinski definition) is 2. The van der Waals surface area contributed by atoms with Crippen LogP contribution < -0.4 is 15.4 Å². The maximum Gasteiger partial charge on any atom is 0.274 e. The Morgan fingerprint density at radius 3 is 2.48 bits per heavy atom. The van der Waals surface area contributed by atoms with Crippen LogP contribution in [0.1, 0.15) is 16.7 Å². The highest BCUT2D eigenvalue weighted by Gasteiger charge is 2.12. The number of guanidine groups is 1. The van der Waals surface area contributed by atoms with Crippen molar-refractivity contribution in [2.24, 2.45) is 4.99 Å². The largest absolute Gasteiger partial charge is 0.496 e. The van der Waals surface area contributed by atoms with E-state index in [1.807, 2.05) is 25.1 Å². The zero-order chi connectivity index (χ0) is 18.2. The molecule has 7 nitrogen and oxygen atoms in total. The van der Waals surface area contributed by atoms with Crippen LogP contribution in [0.2, 0.25) is 0 Å². The number of rotatable bonds is 6. The van der Waals surface area contributed by atoms with Crippen molar-refractivity contribution in [3.63, 3.8) is 0 Å². The highest BCUT2D eigenvalue weighted by atomic mass is 16.6. The van der Waals surface area contributed by atoms with Crippen molar-refractivity contribution in [2.75, 3.05) is 14.2 Å².